The van der Waals surface area contributed by atoms with Gasteiger partial charge in [0.1, 0.15) is 0 Å². The van der Waals surface area contributed by atoms with Crippen LogP contribution in [0, 0.1) is 40.9 Å². The van der Waals surface area contributed by atoms with Crippen molar-refractivity contribution in [3.8, 4) is 0 Å². The van der Waals surface area contributed by atoms with Crippen LogP contribution in [-0.4, -0.2) is 11.7 Å². The molecule has 0 heterocycles. The molecule has 21 heavy (non-hydrogen) atoms. The Hall–Kier alpha value is -0.300. The van der Waals surface area contributed by atoms with E-state index in [1.54, 1.807) is 5.57 Å². The minimum Gasteiger partial charge on any atom is -0.396 e. The standard InChI is InChI=1S/C20H34O/c1-13(2)15-5-7-17-16(11-15)6-8-18-19(17)14(3)9-10-20(18,4)12-21/h11,13-14,16-19,21H,5-10,12H2,1-4H3/t14?,16?,17?,18?,19-,20?/m0/s1. The SMILES string of the molecule is CC(C)C1=CC2CCC3[C@@H](C(C)CCC3(C)CO)C2CC1. The number of aliphatic hydroxyl groups excluding tert-OH is 1. The van der Waals surface area contributed by atoms with Gasteiger partial charge in [-0.15, -0.1) is 0 Å². The highest BCUT2D eigenvalue weighted by atomic mass is 16.3. The summed E-state index contributed by atoms with van der Waals surface area (Å²) in [6.07, 6.45) is 10.6. The van der Waals surface area contributed by atoms with Gasteiger partial charge in [0.15, 0.2) is 0 Å². The van der Waals surface area contributed by atoms with Gasteiger partial charge in [0.2, 0.25) is 0 Å². The van der Waals surface area contributed by atoms with E-state index in [-0.39, 0.29) is 5.41 Å². The third-order valence-electron chi connectivity index (χ3n) is 7.34. The molecule has 6 atom stereocenters. The Morgan fingerprint density at radius 1 is 1.24 bits per heavy atom. The lowest BCUT2D eigenvalue weighted by Gasteiger charge is -2.56. The van der Waals surface area contributed by atoms with Crippen LogP contribution in [-0.2, 0) is 0 Å². The van der Waals surface area contributed by atoms with Crippen LogP contribution in [0.5, 0.6) is 0 Å². The summed E-state index contributed by atoms with van der Waals surface area (Å²) in [5.41, 5.74) is 1.91. The molecule has 0 amide bonds. The minimum absolute atomic E-state index is 0.199. The Balaban J connectivity index is 1.86. The summed E-state index contributed by atoms with van der Waals surface area (Å²) in [5, 5.41) is 9.97. The Morgan fingerprint density at radius 2 is 2.00 bits per heavy atom. The maximum absolute atomic E-state index is 9.97. The van der Waals surface area contributed by atoms with Gasteiger partial charge < -0.3 is 5.11 Å². The number of hydrogen-bond donors (Lipinski definition) is 1. The fraction of sp³-hybridized carbons (Fsp3) is 0.900. The van der Waals surface area contributed by atoms with E-state index in [1.807, 2.05) is 0 Å². The van der Waals surface area contributed by atoms with Crippen molar-refractivity contribution in [2.24, 2.45) is 40.9 Å². The lowest BCUT2D eigenvalue weighted by atomic mass is 9.49. The molecular formula is C20H34O. The number of allylic oxidation sites excluding steroid dienone is 2. The van der Waals surface area contributed by atoms with Crippen molar-refractivity contribution in [2.45, 2.75) is 66.2 Å². The van der Waals surface area contributed by atoms with E-state index >= 15 is 0 Å². The first kappa shape index (κ1) is 15.6. The number of hydrogen-bond acceptors (Lipinski definition) is 1. The van der Waals surface area contributed by atoms with Crippen LogP contribution >= 0.6 is 0 Å². The van der Waals surface area contributed by atoms with Crippen LogP contribution in [0.15, 0.2) is 11.6 Å². The predicted molar refractivity (Wildman–Crippen MR) is 88.9 cm³/mol. The third kappa shape index (κ3) is 2.60. The van der Waals surface area contributed by atoms with Gasteiger partial charge in [-0.05, 0) is 79.4 Å². The second kappa shape index (κ2) is 5.72. The summed E-state index contributed by atoms with van der Waals surface area (Å²) in [7, 11) is 0. The molecule has 0 radical (unpaired) electrons. The second-order valence-electron chi connectivity index (χ2n) is 8.85. The summed E-state index contributed by atoms with van der Waals surface area (Å²) >= 11 is 0. The first-order valence-corrected chi connectivity index (χ1v) is 9.27. The highest BCUT2D eigenvalue weighted by molar-refractivity contribution is 5.15. The molecule has 1 heteroatoms. The van der Waals surface area contributed by atoms with E-state index in [4.69, 9.17) is 0 Å². The van der Waals surface area contributed by atoms with Crippen molar-refractivity contribution in [3.05, 3.63) is 11.6 Å². The molecule has 0 aliphatic heterocycles. The maximum Gasteiger partial charge on any atom is 0.0487 e. The van der Waals surface area contributed by atoms with Gasteiger partial charge in [-0.3, -0.25) is 0 Å². The van der Waals surface area contributed by atoms with Gasteiger partial charge in [0.25, 0.3) is 0 Å². The molecule has 0 aromatic carbocycles. The molecule has 1 nitrogen and oxygen atoms in total. The molecule has 2 saturated carbocycles. The van der Waals surface area contributed by atoms with E-state index < -0.39 is 0 Å². The van der Waals surface area contributed by atoms with E-state index in [0.29, 0.717) is 6.61 Å². The summed E-state index contributed by atoms with van der Waals surface area (Å²) in [6, 6.07) is 0. The van der Waals surface area contributed by atoms with Crippen molar-refractivity contribution in [1.29, 1.82) is 0 Å². The lowest BCUT2D eigenvalue weighted by Crippen LogP contribution is -2.50. The van der Waals surface area contributed by atoms with Crippen LogP contribution < -0.4 is 0 Å². The molecule has 2 fully saturated rings. The topological polar surface area (TPSA) is 20.2 Å². The zero-order valence-corrected chi connectivity index (χ0v) is 14.4. The summed E-state index contributed by atoms with van der Waals surface area (Å²) in [6.45, 7) is 9.94. The van der Waals surface area contributed by atoms with E-state index in [2.05, 4.69) is 33.8 Å². The van der Waals surface area contributed by atoms with Crippen molar-refractivity contribution in [1.82, 2.24) is 0 Å². The number of fused-ring (bicyclic) bond motifs is 3. The molecule has 1 N–H and O–H groups in total. The lowest BCUT2D eigenvalue weighted by molar-refractivity contribution is -0.0813. The molecule has 0 aromatic rings. The van der Waals surface area contributed by atoms with Gasteiger partial charge in [-0.2, -0.15) is 0 Å². The van der Waals surface area contributed by atoms with E-state index in [0.717, 1.165) is 35.5 Å². The van der Waals surface area contributed by atoms with Gasteiger partial charge in [0, 0.05) is 6.61 Å². The van der Waals surface area contributed by atoms with Crippen molar-refractivity contribution < 1.29 is 5.11 Å². The van der Waals surface area contributed by atoms with Gasteiger partial charge >= 0.3 is 0 Å². The molecule has 3 aliphatic rings. The van der Waals surface area contributed by atoms with Gasteiger partial charge in [-0.25, -0.2) is 0 Å². The Kier molecular flexibility index (Phi) is 4.25. The first-order chi connectivity index (χ1) is 9.96. The molecule has 0 aromatic heterocycles. The average molecular weight is 290 g/mol. The molecule has 0 bridgehead atoms. The molecule has 3 rings (SSSR count). The van der Waals surface area contributed by atoms with E-state index in [9.17, 15) is 5.11 Å². The van der Waals surface area contributed by atoms with Crippen molar-refractivity contribution >= 4 is 0 Å². The van der Waals surface area contributed by atoms with Gasteiger partial charge in [-0.1, -0.05) is 39.3 Å². The van der Waals surface area contributed by atoms with Crippen LogP contribution in [0.1, 0.15) is 66.2 Å². The Bertz CT molecular complexity index is 410. The molecular weight excluding hydrogens is 256 g/mol. The summed E-state index contributed by atoms with van der Waals surface area (Å²) < 4.78 is 0. The monoisotopic (exact) mass is 290 g/mol. The maximum atomic E-state index is 9.97. The third-order valence-corrected chi connectivity index (χ3v) is 7.34. The van der Waals surface area contributed by atoms with Gasteiger partial charge in [0.05, 0.1) is 0 Å². The molecule has 0 saturated heterocycles. The fourth-order valence-corrected chi connectivity index (χ4v) is 5.91. The van der Waals surface area contributed by atoms with Crippen LogP contribution in [0.4, 0.5) is 0 Å². The largest absolute Gasteiger partial charge is 0.396 e. The fourth-order valence-electron chi connectivity index (χ4n) is 5.91. The van der Waals surface area contributed by atoms with E-state index in [1.165, 1.54) is 38.5 Å². The first-order valence-electron chi connectivity index (χ1n) is 9.27. The molecule has 3 aliphatic carbocycles. The zero-order chi connectivity index (χ0) is 15.2. The molecule has 0 spiro atoms. The predicted octanol–water partition coefficient (Wildman–Crippen LogP) is 5.05. The Morgan fingerprint density at radius 3 is 2.67 bits per heavy atom. The minimum atomic E-state index is 0.199. The van der Waals surface area contributed by atoms with Crippen molar-refractivity contribution in [2.75, 3.05) is 6.61 Å². The highest BCUT2D eigenvalue weighted by Gasteiger charge is 2.51. The summed E-state index contributed by atoms with van der Waals surface area (Å²) in [5.74, 6) is 4.95. The second-order valence-corrected chi connectivity index (χ2v) is 8.85. The van der Waals surface area contributed by atoms with Crippen LogP contribution in [0.2, 0.25) is 0 Å². The number of aliphatic hydroxyl groups is 1. The van der Waals surface area contributed by atoms with Crippen LogP contribution in [0.3, 0.4) is 0 Å². The zero-order valence-electron chi connectivity index (χ0n) is 14.4. The normalized spacial score (nSPS) is 46.8. The Labute approximate surface area is 131 Å². The average Bonchev–Trinajstić information content (AvgIpc) is 2.49. The van der Waals surface area contributed by atoms with Crippen molar-refractivity contribution in [3.63, 3.8) is 0 Å². The van der Waals surface area contributed by atoms with Crippen LogP contribution in [0.25, 0.3) is 0 Å². The smallest absolute Gasteiger partial charge is 0.0487 e. The molecule has 5 unspecified atom stereocenters. The quantitative estimate of drug-likeness (QED) is 0.706. The highest BCUT2D eigenvalue weighted by Crippen LogP contribution is 2.58. The summed E-state index contributed by atoms with van der Waals surface area (Å²) in [4.78, 5) is 0. The molecule has 120 valence electrons. The number of rotatable bonds is 2.